The van der Waals surface area contributed by atoms with Crippen molar-refractivity contribution in [1.82, 2.24) is 19.8 Å². The number of unbranched alkanes of at least 4 members (excludes halogenated alkanes) is 2. The van der Waals surface area contributed by atoms with Gasteiger partial charge in [0.1, 0.15) is 22.3 Å². The zero-order valence-electron chi connectivity index (χ0n) is 24.3. The Morgan fingerprint density at radius 2 is 1.80 bits per heavy atom. The quantitative estimate of drug-likeness (QED) is 0.366. The highest BCUT2D eigenvalue weighted by Crippen LogP contribution is 2.45. The molecule has 41 heavy (non-hydrogen) atoms. The van der Waals surface area contributed by atoms with Crippen molar-refractivity contribution in [1.29, 1.82) is 0 Å². The van der Waals surface area contributed by atoms with Gasteiger partial charge in [-0.25, -0.2) is 14.2 Å². The SMILES string of the molecule is COc1cc(OC)c(Cl)c(N2Cc3cnc(NCCCCCN4CCN(C)CC4)nc3N(C3CCCC3)C2=O)c1F. The lowest BCUT2D eigenvalue weighted by Crippen LogP contribution is -2.52. The van der Waals surface area contributed by atoms with E-state index in [9.17, 15) is 4.79 Å². The molecule has 1 aliphatic carbocycles. The average Bonchev–Trinajstić information content (AvgIpc) is 3.51. The third-order valence-corrected chi connectivity index (χ3v) is 8.74. The molecule has 10 nitrogen and oxygen atoms in total. The van der Waals surface area contributed by atoms with E-state index in [1.165, 1.54) is 31.6 Å². The van der Waals surface area contributed by atoms with Crippen molar-refractivity contribution in [2.24, 2.45) is 0 Å². The monoisotopic (exact) mass is 589 g/mol. The fraction of sp³-hybridized carbons (Fsp3) is 0.621. The summed E-state index contributed by atoms with van der Waals surface area (Å²) in [6.45, 7) is 6.57. The fourth-order valence-corrected chi connectivity index (χ4v) is 6.26. The second kappa shape index (κ2) is 13.4. The number of piperazine rings is 1. The van der Waals surface area contributed by atoms with Gasteiger partial charge in [0, 0.05) is 56.6 Å². The van der Waals surface area contributed by atoms with Crippen molar-refractivity contribution < 1.29 is 18.7 Å². The third-order valence-electron chi connectivity index (χ3n) is 8.38. The highest BCUT2D eigenvalue weighted by molar-refractivity contribution is 6.35. The van der Waals surface area contributed by atoms with E-state index in [1.807, 2.05) is 0 Å². The number of urea groups is 1. The minimum atomic E-state index is -0.715. The molecule has 1 aromatic carbocycles. The maximum atomic E-state index is 15.6. The fourth-order valence-electron chi connectivity index (χ4n) is 5.95. The van der Waals surface area contributed by atoms with Gasteiger partial charge in [0.15, 0.2) is 11.6 Å². The largest absolute Gasteiger partial charge is 0.495 e. The Hall–Kier alpha value is -2.89. The molecule has 2 aliphatic heterocycles. The number of rotatable bonds is 11. The van der Waals surface area contributed by atoms with Crippen LogP contribution in [0.25, 0.3) is 0 Å². The van der Waals surface area contributed by atoms with Crippen molar-refractivity contribution in [2.75, 3.05) is 75.7 Å². The number of fused-ring (bicyclic) bond motifs is 1. The van der Waals surface area contributed by atoms with Crippen LogP contribution < -0.4 is 24.6 Å². The van der Waals surface area contributed by atoms with E-state index in [4.69, 9.17) is 26.1 Å². The van der Waals surface area contributed by atoms with Gasteiger partial charge < -0.3 is 24.6 Å². The summed E-state index contributed by atoms with van der Waals surface area (Å²) in [5.41, 5.74) is 0.659. The molecule has 3 heterocycles. The molecule has 2 amide bonds. The van der Waals surface area contributed by atoms with Crippen molar-refractivity contribution in [2.45, 2.75) is 57.5 Å². The molecule has 1 saturated heterocycles. The Balaban J connectivity index is 1.30. The Morgan fingerprint density at radius 1 is 1.07 bits per heavy atom. The van der Waals surface area contributed by atoms with Gasteiger partial charge in [-0.3, -0.25) is 9.80 Å². The smallest absolute Gasteiger partial charge is 0.330 e. The van der Waals surface area contributed by atoms with Crippen LogP contribution in [0.5, 0.6) is 11.5 Å². The van der Waals surface area contributed by atoms with Crippen molar-refractivity contribution in [3.63, 3.8) is 0 Å². The zero-order chi connectivity index (χ0) is 28.9. The van der Waals surface area contributed by atoms with Crippen LogP contribution in [0.1, 0.15) is 50.5 Å². The van der Waals surface area contributed by atoms with E-state index in [0.29, 0.717) is 11.8 Å². The van der Waals surface area contributed by atoms with Crippen LogP contribution in [0, 0.1) is 5.82 Å². The summed E-state index contributed by atoms with van der Waals surface area (Å²) in [6, 6.07) is 0.982. The van der Waals surface area contributed by atoms with Crippen LogP contribution in [0.2, 0.25) is 5.02 Å². The van der Waals surface area contributed by atoms with Gasteiger partial charge >= 0.3 is 6.03 Å². The molecule has 1 saturated carbocycles. The molecule has 0 bridgehead atoms. The number of nitrogens with one attached hydrogen (secondary N) is 1. The van der Waals surface area contributed by atoms with Crippen LogP contribution in [-0.2, 0) is 6.54 Å². The molecule has 1 aromatic heterocycles. The lowest BCUT2D eigenvalue weighted by molar-refractivity contribution is 0.152. The van der Waals surface area contributed by atoms with Gasteiger partial charge in [-0.15, -0.1) is 0 Å². The molecular formula is C29H41ClFN7O3. The minimum Gasteiger partial charge on any atom is -0.495 e. The van der Waals surface area contributed by atoms with Crippen LogP contribution in [0.15, 0.2) is 12.3 Å². The number of anilines is 3. The number of nitrogens with zero attached hydrogens (tertiary/aromatic N) is 6. The number of amides is 2. The molecule has 0 unspecified atom stereocenters. The molecule has 3 aliphatic rings. The van der Waals surface area contributed by atoms with Crippen LogP contribution in [0.3, 0.4) is 0 Å². The Labute approximate surface area is 246 Å². The number of halogens is 2. The summed E-state index contributed by atoms with van der Waals surface area (Å²) in [4.78, 5) is 31.3. The Bertz CT molecular complexity index is 1190. The number of likely N-dealkylation sites (N-methyl/N-ethyl adjacent to an activating group) is 1. The van der Waals surface area contributed by atoms with E-state index in [0.717, 1.165) is 83.4 Å². The standard InChI is InChI=1S/C29H41ClFN7O3/c1-35-13-15-36(16-14-35)12-8-4-7-11-32-28-33-18-20-19-37(26-24(30)22(40-2)17-23(41-3)25(26)31)29(39)38(27(20)34-28)21-9-5-6-10-21/h17-18,21H,4-16,19H2,1-3H3,(H,32,33,34). The van der Waals surface area contributed by atoms with Crippen molar-refractivity contribution in [3.8, 4) is 11.5 Å². The van der Waals surface area contributed by atoms with E-state index >= 15 is 4.39 Å². The van der Waals surface area contributed by atoms with E-state index < -0.39 is 5.82 Å². The summed E-state index contributed by atoms with van der Waals surface area (Å²) in [6.07, 6.45) is 8.80. The highest BCUT2D eigenvalue weighted by atomic mass is 35.5. The van der Waals surface area contributed by atoms with Gasteiger partial charge in [0.25, 0.3) is 0 Å². The molecule has 12 heteroatoms. The Morgan fingerprint density at radius 3 is 2.51 bits per heavy atom. The Kier molecular flexibility index (Phi) is 9.67. The summed E-state index contributed by atoms with van der Waals surface area (Å²) < 4.78 is 26.1. The maximum Gasteiger partial charge on any atom is 0.330 e. The average molecular weight is 590 g/mol. The first-order chi connectivity index (χ1) is 19.9. The lowest BCUT2D eigenvalue weighted by Gasteiger charge is -2.39. The topological polar surface area (TPSA) is 86.3 Å². The predicted molar refractivity (Wildman–Crippen MR) is 159 cm³/mol. The zero-order valence-corrected chi connectivity index (χ0v) is 25.1. The highest BCUT2D eigenvalue weighted by Gasteiger charge is 2.41. The third kappa shape index (κ3) is 6.47. The van der Waals surface area contributed by atoms with Crippen LogP contribution >= 0.6 is 11.6 Å². The van der Waals surface area contributed by atoms with Gasteiger partial charge in [0.2, 0.25) is 5.95 Å². The second-order valence-corrected chi connectivity index (χ2v) is 11.5. The van der Waals surface area contributed by atoms with Crippen LogP contribution in [0.4, 0.5) is 26.6 Å². The van der Waals surface area contributed by atoms with Gasteiger partial charge in [0.05, 0.1) is 20.8 Å². The molecule has 2 fully saturated rings. The maximum absolute atomic E-state index is 15.6. The summed E-state index contributed by atoms with van der Waals surface area (Å²) in [7, 11) is 4.98. The molecule has 224 valence electrons. The number of methoxy groups -OCH3 is 2. The number of aromatic nitrogens is 2. The van der Waals surface area contributed by atoms with Gasteiger partial charge in [-0.05, 0) is 39.3 Å². The van der Waals surface area contributed by atoms with Gasteiger partial charge in [-0.2, -0.15) is 4.98 Å². The first-order valence-electron chi connectivity index (χ1n) is 14.6. The number of carbonyl (C=O) groups is 1. The first-order valence-corrected chi connectivity index (χ1v) is 15.0. The number of ether oxygens (including phenoxy) is 2. The van der Waals surface area contributed by atoms with E-state index in [-0.39, 0.29) is 40.8 Å². The minimum absolute atomic E-state index is 0.0146. The van der Waals surface area contributed by atoms with Gasteiger partial charge in [-0.1, -0.05) is 30.9 Å². The predicted octanol–water partition coefficient (Wildman–Crippen LogP) is 5.01. The van der Waals surface area contributed by atoms with E-state index in [1.54, 1.807) is 11.1 Å². The molecule has 5 rings (SSSR count). The summed E-state index contributed by atoms with van der Waals surface area (Å²) in [5.74, 6) is 0.543. The first kappa shape index (κ1) is 29.6. The molecular weight excluding hydrogens is 549 g/mol. The van der Waals surface area contributed by atoms with E-state index in [2.05, 4.69) is 27.1 Å². The summed E-state index contributed by atoms with van der Waals surface area (Å²) >= 11 is 6.57. The van der Waals surface area contributed by atoms with Crippen molar-refractivity contribution in [3.05, 3.63) is 28.7 Å². The molecule has 2 aromatic rings. The molecule has 0 radical (unpaired) electrons. The van der Waals surface area contributed by atoms with Crippen molar-refractivity contribution >= 4 is 35.1 Å². The number of carbonyl (C=O) groups excluding carboxylic acids is 1. The molecule has 0 atom stereocenters. The second-order valence-electron chi connectivity index (χ2n) is 11.1. The summed E-state index contributed by atoms with van der Waals surface area (Å²) in [5, 5.41) is 3.36. The molecule has 0 spiro atoms. The number of benzene rings is 1. The lowest BCUT2D eigenvalue weighted by atomic mass is 10.1. The number of hydrogen-bond donors (Lipinski definition) is 1. The normalized spacial score (nSPS) is 18.6. The molecule has 1 N–H and O–H groups in total. The van der Waals surface area contributed by atoms with Crippen LogP contribution in [-0.4, -0.2) is 92.4 Å². The number of hydrogen-bond acceptors (Lipinski definition) is 8.